The average Bonchev–Trinajstić information content (AvgIpc) is 2.87. The number of aliphatic carboxylic acids is 1. The van der Waals surface area contributed by atoms with Crippen molar-refractivity contribution >= 4 is 17.8 Å². The second-order valence-corrected chi connectivity index (χ2v) is 8.03. The molecule has 1 heterocycles. The lowest BCUT2D eigenvalue weighted by Gasteiger charge is -2.22. The number of carboxylic acids is 1. The first-order valence-corrected chi connectivity index (χ1v) is 11.3. The molecular formula is C25H26N6O6. The summed E-state index contributed by atoms with van der Waals surface area (Å²) in [5.74, 6) is -3.01. The van der Waals surface area contributed by atoms with Crippen molar-refractivity contribution in [2.75, 3.05) is 6.54 Å². The van der Waals surface area contributed by atoms with Crippen LogP contribution in [-0.4, -0.2) is 45.5 Å². The first-order valence-electron chi connectivity index (χ1n) is 11.3. The van der Waals surface area contributed by atoms with Crippen LogP contribution in [0.1, 0.15) is 45.8 Å². The Labute approximate surface area is 211 Å². The molecule has 6 N–H and O–H groups in total. The molecule has 3 rings (SSSR count). The second-order valence-electron chi connectivity index (χ2n) is 8.03. The highest BCUT2D eigenvalue weighted by atomic mass is 16.7. The predicted molar refractivity (Wildman–Crippen MR) is 136 cm³/mol. The summed E-state index contributed by atoms with van der Waals surface area (Å²) in [6.45, 7) is -0.00637. The minimum absolute atomic E-state index is 0.00637. The van der Waals surface area contributed by atoms with Crippen molar-refractivity contribution in [3.05, 3.63) is 116 Å². The third-order valence-corrected chi connectivity index (χ3v) is 5.54. The summed E-state index contributed by atoms with van der Waals surface area (Å²) < 4.78 is 0. The van der Waals surface area contributed by atoms with Gasteiger partial charge in [-0.15, -0.1) is 0 Å². The van der Waals surface area contributed by atoms with Crippen LogP contribution in [0.3, 0.4) is 0 Å². The molecule has 0 radical (unpaired) electrons. The molecule has 1 amide bonds. The van der Waals surface area contributed by atoms with Gasteiger partial charge in [0.1, 0.15) is 11.6 Å². The standard InChI is InChI=1S/C25H26N6O6/c26-25(30-31(36)37)28-14-7-12-19(24(34)35)29-23(33)21-18(13-15-27-22(21)32)20(16-8-3-1-4-9-16)17-10-5-2-6-11-17/h1-6,8-11,13,15,19-20H,7,12,14H2,(H,27,32)(H,29,33)(H,34,35)(H3,26,28,30)/t19-/m0/s1. The first kappa shape index (κ1) is 26.6. The highest BCUT2D eigenvalue weighted by Gasteiger charge is 2.28. The predicted octanol–water partition coefficient (Wildman–Crippen LogP) is 1.61. The molecule has 0 aliphatic carbocycles. The number of nitrogens with zero attached hydrogens (tertiary/aromatic N) is 2. The Morgan fingerprint density at radius 2 is 1.65 bits per heavy atom. The Morgan fingerprint density at radius 1 is 1.05 bits per heavy atom. The number of guanidine groups is 1. The van der Waals surface area contributed by atoms with Crippen LogP contribution >= 0.6 is 0 Å². The van der Waals surface area contributed by atoms with E-state index in [4.69, 9.17) is 5.73 Å². The third-order valence-electron chi connectivity index (χ3n) is 5.54. The Bertz CT molecular complexity index is 1290. The van der Waals surface area contributed by atoms with Crippen LogP contribution in [0.2, 0.25) is 0 Å². The van der Waals surface area contributed by atoms with E-state index in [-0.39, 0.29) is 24.9 Å². The summed E-state index contributed by atoms with van der Waals surface area (Å²) in [5, 5.41) is 21.6. The Hall–Kier alpha value is -5.00. The van der Waals surface area contributed by atoms with Gasteiger partial charge in [0.15, 0.2) is 5.03 Å². The minimum Gasteiger partial charge on any atom is -0.480 e. The maximum absolute atomic E-state index is 13.3. The zero-order chi connectivity index (χ0) is 26.8. The van der Waals surface area contributed by atoms with Crippen molar-refractivity contribution in [2.45, 2.75) is 24.8 Å². The highest BCUT2D eigenvalue weighted by Crippen LogP contribution is 2.32. The van der Waals surface area contributed by atoms with Gasteiger partial charge in [0.2, 0.25) is 0 Å². The van der Waals surface area contributed by atoms with Crippen molar-refractivity contribution in [3.63, 3.8) is 0 Å². The molecular weight excluding hydrogens is 480 g/mol. The molecule has 0 aliphatic rings. The third kappa shape index (κ3) is 7.24. The number of hydrogen-bond donors (Lipinski definition) is 5. The van der Waals surface area contributed by atoms with Crippen molar-refractivity contribution in [3.8, 4) is 0 Å². The molecule has 0 bridgehead atoms. The zero-order valence-corrected chi connectivity index (χ0v) is 19.7. The number of hydrogen-bond acceptors (Lipinski definition) is 6. The number of aromatic nitrogens is 1. The molecule has 12 nitrogen and oxygen atoms in total. The SMILES string of the molecule is NC(=NCCC[C@H](NC(=O)c1c(C(c2ccccc2)c2ccccc2)cc[nH]c1=O)C(=O)O)N[N+](=O)[O-]. The summed E-state index contributed by atoms with van der Waals surface area (Å²) in [5.41, 5.74) is 8.30. The molecule has 2 aromatic carbocycles. The van der Waals surface area contributed by atoms with Gasteiger partial charge in [0.25, 0.3) is 17.4 Å². The fourth-order valence-electron chi connectivity index (χ4n) is 3.92. The van der Waals surface area contributed by atoms with E-state index in [2.05, 4.69) is 15.3 Å². The Morgan fingerprint density at radius 3 is 2.19 bits per heavy atom. The molecule has 0 saturated carbocycles. The van der Waals surface area contributed by atoms with Crippen molar-refractivity contribution in [2.24, 2.45) is 10.7 Å². The highest BCUT2D eigenvalue weighted by molar-refractivity contribution is 5.98. The quantitative estimate of drug-likeness (QED) is 0.0851. The number of nitrogens with one attached hydrogen (secondary N) is 3. The topological polar surface area (TPSA) is 193 Å². The number of H-pyrrole nitrogens is 1. The summed E-state index contributed by atoms with van der Waals surface area (Å²) in [6.07, 6.45) is 1.56. The van der Waals surface area contributed by atoms with Gasteiger partial charge >= 0.3 is 5.97 Å². The van der Waals surface area contributed by atoms with Gasteiger partial charge in [-0.1, -0.05) is 66.1 Å². The molecule has 0 spiro atoms. The summed E-state index contributed by atoms with van der Waals surface area (Å²) in [4.78, 5) is 54.6. The number of rotatable bonds is 11. The summed E-state index contributed by atoms with van der Waals surface area (Å²) in [7, 11) is 0. The number of carbonyl (C=O) groups excluding carboxylic acids is 1. The van der Waals surface area contributed by atoms with E-state index >= 15 is 0 Å². The smallest absolute Gasteiger partial charge is 0.326 e. The van der Waals surface area contributed by atoms with E-state index in [0.717, 1.165) is 11.1 Å². The fraction of sp³-hybridized carbons (Fsp3) is 0.200. The molecule has 37 heavy (non-hydrogen) atoms. The van der Waals surface area contributed by atoms with Gasteiger partial charge < -0.3 is 21.1 Å². The van der Waals surface area contributed by atoms with Gasteiger partial charge in [-0.2, -0.15) is 0 Å². The van der Waals surface area contributed by atoms with Crippen molar-refractivity contribution in [1.29, 1.82) is 0 Å². The van der Waals surface area contributed by atoms with Crippen molar-refractivity contribution in [1.82, 2.24) is 15.7 Å². The number of carboxylic acid groups (broad SMARTS) is 1. The van der Waals surface area contributed by atoms with Gasteiger partial charge in [-0.05, 0) is 35.6 Å². The lowest BCUT2D eigenvalue weighted by Crippen LogP contribution is -2.43. The molecule has 0 aliphatic heterocycles. The number of nitrogens with two attached hydrogens (primary N) is 1. The van der Waals surface area contributed by atoms with Crippen LogP contribution in [0.5, 0.6) is 0 Å². The van der Waals surface area contributed by atoms with Crippen LogP contribution in [0.15, 0.2) is 82.7 Å². The minimum atomic E-state index is -1.33. The maximum Gasteiger partial charge on any atom is 0.326 e. The number of carbonyl (C=O) groups is 2. The number of pyridine rings is 1. The van der Waals surface area contributed by atoms with Gasteiger partial charge in [0.05, 0.1) is 0 Å². The van der Waals surface area contributed by atoms with Gasteiger partial charge in [-0.3, -0.25) is 9.59 Å². The van der Waals surface area contributed by atoms with E-state index in [1.165, 1.54) is 6.20 Å². The van der Waals surface area contributed by atoms with Crippen molar-refractivity contribution < 1.29 is 19.7 Å². The lowest BCUT2D eigenvalue weighted by atomic mass is 9.83. The van der Waals surface area contributed by atoms with Crippen LogP contribution in [-0.2, 0) is 4.79 Å². The monoisotopic (exact) mass is 506 g/mol. The fourth-order valence-corrected chi connectivity index (χ4v) is 3.92. The second kappa shape index (κ2) is 12.6. The summed E-state index contributed by atoms with van der Waals surface area (Å²) in [6, 6.07) is 19.0. The molecule has 3 aromatic rings. The molecule has 1 aromatic heterocycles. The number of amides is 1. The van der Waals surface area contributed by atoms with E-state index in [0.29, 0.717) is 5.56 Å². The van der Waals surface area contributed by atoms with Gasteiger partial charge in [0, 0.05) is 18.7 Å². The van der Waals surface area contributed by atoms with Crippen LogP contribution in [0.25, 0.3) is 0 Å². The van der Waals surface area contributed by atoms with Crippen LogP contribution in [0, 0.1) is 10.1 Å². The molecule has 0 fully saturated rings. The van der Waals surface area contributed by atoms with E-state index < -0.39 is 40.4 Å². The molecule has 192 valence electrons. The average molecular weight is 507 g/mol. The van der Waals surface area contributed by atoms with Crippen LogP contribution in [0.4, 0.5) is 0 Å². The lowest BCUT2D eigenvalue weighted by molar-refractivity contribution is -0.525. The zero-order valence-electron chi connectivity index (χ0n) is 19.7. The van der Waals surface area contributed by atoms with Gasteiger partial charge in [-0.25, -0.2) is 19.9 Å². The first-order chi connectivity index (χ1) is 17.8. The number of aromatic amines is 1. The van der Waals surface area contributed by atoms with E-state index in [1.54, 1.807) is 11.5 Å². The Balaban J connectivity index is 1.88. The molecule has 12 heteroatoms. The molecule has 1 atom stereocenters. The Kier molecular flexibility index (Phi) is 9.08. The largest absolute Gasteiger partial charge is 0.480 e. The number of nitro groups is 1. The maximum atomic E-state index is 13.3. The van der Waals surface area contributed by atoms with E-state index in [9.17, 15) is 29.6 Å². The number of hydrazine groups is 1. The number of aliphatic imine (C=N–C) groups is 1. The molecule has 0 unspecified atom stereocenters. The van der Waals surface area contributed by atoms with Crippen LogP contribution < -0.4 is 22.0 Å². The molecule has 0 saturated heterocycles. The summed E-state index contributed by atoms with van der Waals surface area (Å²) >= 11 is 0. The normalized spacial score (nSPS) is 12.1. The number of benzene rings is 2. The van der Waals surface area contributed by atoms with E-state index in [1.807, 2.05) is 60.7 Å².